The molecule has 3 aromatic rings. The number of rotatable bonds is 7. The summed E-state index contributed by atoms with van der Waals surface area (Å²) in [6, 6.07) is 7.92. The number of aryl methyl sites for hydroxylation is 1. The second-order valence-corrected chi connectivity index (χ2v) is 6.10. The van der Waals surface area contributed by atoms with Crippen molar-refractivity contribution in [3.05, 3.63) is 58.8 Å². The highest BCUT2D eigenvalue weighted by Gasteiger charge is 2.21. The van der Waals surface area contributed by atoms with Crippen molar-refractivity contribution in [3.8, 4) is 0 Å². The summed E-state index contributed by atoms with van der Waals surface area (Å²) in [6.07, 6.45) is 3.28. The van der Waals surface area contributed by atoms with Crippen molar-refractivity contribution in [2.24, 2.45) is 0 Å². The first-order chi connectivity index (χ1) is 12.9. The van der Waals surface area contributed by atoms with Crippen molar-refractivity contribution in [1.82, 2.24) is 19.9 Å². The topological polar surface area (TPSA) is 143 Å². The smallest absolute Gasteiger partial charge is 0.349 e. The van der Waals surface area contributed by atoms with E-state index in [1.54, 1.807) is 6.20 Å². The van der Waals surface area contributed by atoms with Crippen molar-refractivity contribution in [2.45, 2.75) is 25.4 Å². The fourth-order valence-corrected chi connectivity index (χ4v) is 2.82. The number of carboxylic acid groups (broad SMARTS) is 1. The summed E-state index contributed by atoms with van der Waals surface area (Å²) >= 11 is 0. The monoisotopic (exact) mass is 369 g/mol. The van der Waals surface area contributed by atoms with Gasteiger partial charge in [0.1, 0.15) is 11.9 Å². The molecule has 0 bridgehead atoms. The van der Waals surface area contributed by atoms with Gasteiger partial charge >= 0.3 is 11.7 Å². The number of aliphatic carboxylic acids is 1. The molecule has 9 nitrogen and oxygen atoms in total. The predicted octanol–water partition coefficient (Wildman–Crippen LogP) is 0.509. The van der Waals surface area contributed by atoms with Crippen LogP contribution in [0.25, 0.3) is 10.9 Å². The summed E-state index contributed by atoms with van der Waals surface area (Å²) in [4.78, 5) is 42.0. The van der Waals surface area contributed by atoms with Gasteiger partial charge in [0, 0.05) is 42.7 Å². The highest BCUT2D eigenvalue weighted by molar-refractivity contribution is 5.86. The number of nitrogen functional groups attached to an aromatic ring is 1. The quantitative estimate of drug-likeness (QED) is 0.478. The summed E-state index contributed by atoms with van der Waals surface area (Å²) in [5.41, 5.74) is 6.56. The number of para-hydroxylation sites is 1. The van der Waals surface area contributed by atoms with Gasteiger partial charge in [0.25, 0.3) is 0 Å². The number of carboxylic acids is 1. The third kappa shape index (κ3) is 4.32. The lowest BCUT2D eigenvalue weighted by molar-refractivity contribution is -0.141. The Morgan fingerprint density at radius 2 is 2.07 bits per heavy atom. The normalized spacial score (nSPS) is 12.0. The van der Waals surface area contributed by atoms with Crippen molar-refractivity contribution in [3.63, 3.8) is 0 Å². The Labute approximate surface area is 153 Å². The molecule has 0 aliphatic carbocycles. The van der Waals surface area contributed by atoms with Gasteiger partial charge in [0.2, 0.25) is 5.91 Å². The predicted molar refractivity (Wildman–Crippen MR) is 99.1 cm³/mol. The van der Waals surface area contributed by atoms with E-state index >= 15 is 0 Å². The van der Waals surface area contributed by atoms with Gasteiger partial charge in [-0.3, -0.25) is 9.36 Å². The van der Waals surface area contributed by atoms with E-state index in [1.165, 1.54) is 16.8 Å². The van der Waals surface area contributed by atoms with Crippen LogP contribution in [-0.2, 0) is 22.6 Å². The van der Waals surface area contributed by atoms with Crippen molar-refractivity contribution in [2.75, 3.05) is 5.73 Å². The molecule has 2 aromatic heterocycles. The number of H-pyrrole nitrogens is 1. The maximum atomic E-state index is 12.2. The molecule has 2 heterocycles. The molecule has 5 N–H and O–H groups in total. The molecule has 27 heavy (non-hydrogen) atoms. The number of carbonyl (C=O) groups excluding carboxylic acids is 1. The molecule has 3 rings (SSSR count). The Hall–Kier alpha value is -3.62. The van der Waals surface area contributed by atoms with Crippen LogP contribution in [0.5, 0.6) is 0 Å². The van der Waals surface area contributed by atoms with E-state index in [-0.39, 0.29) is 25.2 Å². The molecule has 0 saturated carbocycles. The van der Waals surface area contributed by atoms with Gasteiger partial charge in [0.15, 0.2) is 0 Å². The van der Waals surface area contributed by atoms with E-state index in [0.29, 0.717) is 0 Å². The van der Waals surface area contributed by atoms with Crippen LogP contribution in [0.4, 0.5) is 5.82 Å². The van der Waals surface area contributed by atoms with Gasteiger partial charge in [-0.05, 0) is 17.7 Å². The van der Waals surface area contributed by atoms with Crippen LogP contribution in [0.1, 0.15) is 12.0 Å². The molecule has 0 radical (unpaired) electrons. The molecular weight excluding hydrogens is 350 g/mol. The number of amides is 1. The molecule has 0 fully saturated rings. The molecule has 1 atom stereocenters. The van der Waals surface area contributed by atoms with Crippen LogP contribution in [0, 0.1) is 0 Å². The molecule has 0 aliphatic heterocycles. The molecule has 140 valence electrons. The fraction of sp³-hybridized carbons (Fsp3) is 0.222. The highest BCUT2D eigenvalue weighted by Crippen LogP contribution is 2.19. The summed E-state index contributed by atoms with van der Waals surface area (Å²) in [6.45, 7) is 0.0807. The van der Waals surface area contributed by atoms with E-state index in [4.69, 9.17) is 5.73 Å². The summed E-state index contributed by atoms with van der Waals surface area (Å²) in [5.74, 6) is -1.49. The highest BCUT2D eigenvalue weighted by atomic mass is 16.4. The van der Waals surface area contributed by atoms with Crippen LogP contribution in [0.15, 0.2) is 47.5 Å². The first kappa shape index (κ1) is 18.2. The van der Waals surface area contributed by atoms with Gasteiger partial charge in [-0.15, -0.1) is 0 Å². The van der Waals surface area contributed by atoms with Crippen LogP contribution < -0.4 is 16.7 Å². The number of hydrogen-bond acceptors (Lipinski definition) is 5. The Balaban J connectivity index is 1.64. The molecule has 1 amide bonds. The molecule has 1 aromatic carbocycles. The average Bonchev–Trinajstić information content (AvgIpc) is 3.03. The SMILES string of the molecule is Nc1ccn(CCC(=O)N[C@@H](Cc2c[nH]c3ccccc23)C(=O)O)c(=O)n1. The third-order valence-corrected chi connectivity index (χ3v) is 4.21. The average molecular weight is 369 g/mol. The Kier molecular flexibility index (Phi) is 5.20. The van der Waals surface area contributed by atoms with Gasteiger partial charge in [-0.1, -0.05) is 18.2 Å². The maximum Gasteiger partial charge on any atom is 0.349 e. The van der Waals surface area contributed by atoms with Gasteiger partial charge in [0.05, 0.1) is 0 Å². The van der Waals surface area contributed by atoms with Crippen molar-refractivity contribution < 1.29 is 14.7 Å². The summed E-state index contributed by atoms with van der Waals surface area (Å²) < 4.78 is 1.24. The lowest BCUT2D eigenvalue weighted by Gasteiger charge is -2.14. The van der Waals surface area contributed by atoms with E-state index in [0.717, 1.165) is 16.5 Å². The molecule has 0 spiro atoms. The fourth-order valence-electron chi connectivity index (χ4n) is 2.82. The molecule has 0 unspecified atom stereocenters. The zero-order chi connectivity index (χ0) is 19.4. The van der Waals surface area contributed by atoms with E-state index in [9.17, 15) is 19.5 Å². The Morgan fingerprint density at radius 1 is 1.30 bits per heavy atom. The third-order valence-electron chi connectivity index (χ3n) is 4.21. The number of benzene rings is 1. The van der Waals surface area contributed by atoms with Crippen LogP contribution in [0.2, 0.25) is 0 Å². The molecule has 9 heteroatoms. The lowest BCUT2D eigenvalue weighted by Crippen LogP contribution is -2.42. The zero-order valence-corrected chi connectivity index (χ0v) is 14.4. The molecule has 0 aliphatic rings. The lowest BCUT2D eigenvalue weighted by atomic mass is 10.0. The second kappa shape index (κ2) is 7.73. The second-order valence-electron chi connectivity index (χ2n) is 6.10. The number of aromatic nitrogens is 3. The van der Waals surface area contributed by atoms with E-state index in [1.807, 2.05) is 24.3 Å². The number of nitrogens with one attached hydrogen (secondary N) is 2. The molecular formula is C18H19N5O4. The number of hydrogen-bond donors (Lipinski definition) is 4. The first-order valence-corrected chi connectivity index (χ1v) is 8.34. The number of aromatic amines is 1. The number of nitrogens with zero attached hydrogens (tertiary/aromatic N) is 2. The minimum Gasteiger partial charge on any atom is -0.480 e. The van der Waals surface area contributed by atoms with Crippen LogP contribution >= 0.6 is 0 Å². The number of carbonyl (C=O) groups is 2. The summed E-state index contributed by atoms with van der Waals surface area (Å²) in [7, 11) is 0. The Bertz CT molecular complexity index is 1040. The maximum absolute atomic E-state index is 12.2. The number of fused-ring (bicyclic) bond motifs is 1. The van der Waals surface area contributed by atoms with Gasteiger partial charge in [-0.25, -0.2) is 9.59 Å². The van der Waals surface area contributed by atoms with Gasteiger partial charge in [-0.2, -0.15) is 4.98 Å². The van der Waals surface area contributed by atoms with E-state index in [2.05, 4.69) is 15.3 Å². The minimum atomic E-state index is -1.13. The largest absolute Gasteiger partial charge is 0.480 e. The number of anilines is 1. The zero-order valence-electron chi connectivity index (χ0n) is 14.4. The minimum absolute atomic E-state index is 0.0524. The van der Waals surface area contributed by atoms with Crippen molar-refractivity contribution in [1.29, 1.82) is 0 Å². The number of nitrogens with two attached hydrogens (primary N) is 1. The molecule has 0 saturated heterocycles. The van der Waals surface area contributed by atoms with E-state index < -0.39 is 23.6 Å². The van der Waals surface area contributed by atoms with Gasteiger partial charge < -0.3 is 21.1 Å². The van der Waals surface area contributed by atoms with Crippen molar-refractivity contribution >= 4 is 28.6 Å². The Morgan fingerprint density at radius 3 is 2.81 bits per heavy atom. The first-order valence-electron chi connectivity index (χ1n) is 8.34. The standard InChI is InChI=1S/C18H19N5O4/c19-15-5-7-23(18(27)22-15)8-6-16(24)21-14(17(25)26)9-11-10-20-13-4-2-1-3-12(11)13/h1-5,7,10,14,20H,6,8-9H2,(H,21,24)(H,25,26)(H2,19,22,27)/t14-/m0/s1. The van der Waals surface area contributed by atoms with Crippen LogP contribution in [-0.4, -0.2) is 37.6 Å². The van der Waals surface area contributed by atoms with Crippen LogP contribution in [0.3, 0.4) is 0 Å². The summed E-state index contributed by atoms with van der Waals surface area (Å²) in [5, 5.41) is 12.9.